The number of nitro benzene ring substituents is 1. The van der Waals surface area contributed by atoms with Crippen molar-refractivity contribution in [3.63, 3.8) is 0 Å². The fourth-order valence-corrected chi connectivity index (χ4v) is 3.39. The highest BCUT2D eigenvalue weighted by Crippen LogP contribution is 2.33. The molecule has 2 atom stereocenters. The monoisotopic (exact) mass is 323 g/mol. The molecule has 1 aliphatic heterocycles. The first-order valence-corrected chi connectivity index (χ1v) is 7.84. The second-order valence-corrected chi connectivity index (χ2v) is 6.51. The van der Waals surface area contributed by atoms with Crippen molar-refractivity contribution in [2.24, 2.45) is 0 Å². The number of carbonyl (C=O) groups excluding carboxylic acids is 1. The number of carbonyl (C=O) groups is 1. The van der Waals surface area contributed by atoms with Gasteiger partial charge in [0, 0.05) is 36.3 Å². The van der Waals surface area contributed by atoms with Crippen LogP contribution in [0.3, 0.4) is 0 Å². The maximum Gasteiger partial charge on any atom is 0.287 e. The molecule has 2 aliphatic rings. The van der Waals surface area contributed by atoms with Crippen molar-refractivity contribution in [3.05, 3.63) is 38.9 Å². The molecule has 1 aromatic rings. The van der Waals surface area contributed by atoms with Gasteiger partial charge in [-0.25, -0.2) is 0 Å². The molecule has 7 heteroatoms. The summed E-state index contributed by atoms with van der Waals surface area (Å²) in [6.07, 6.45) is 3.44. The first-order chi connectivity index (χ1) is 10.5. The summed E-state index contributed by atoms with van der Waals surface area (Å²) >= 11 is 5.85. The van der Waals surface area contributed by atoms with Crippen LogP contribution in [-0.4, -0.2) is 40.4 Å². The molecule has 0 unspecified atom stereocenters. The van der Waals surface area contributed by atoms with Crippen LogP contribution in [0.5, 0.6) is 0 Å². The van der Waals surface area contributed by atoms with Crippen molar-refractivity contribution < 1.29 is 9.72 Å². The number of amides is 1. The van der Waals surface area contributed by atoms with Crippen LogP contribution in [0, 0.1) is 10.1 Å². The van der Waals surface area contributed by atoms with Crippen molar-refractivity contribution in [2.75, 3.05) is 6.54 Å². The number of nitrogens with one attached hydrogen (secondary N) is 1. The van der Waals surface area contributed by atoms with E-state index in [0.717, 1.165) is 13.0 Å². The lowest BCUT2D eigenvalue weighted by molar-refractivity contribution is -0.384. The van der Waals surface area contributed by atoms with Gasteiger partial charge in [0.1, 0.15) is 5.02 Å². The van der Waals surface area contributed by atoms with Gasteiger partial charge in [-0.3, -0.25) is 19.8 Å². The Morgan fingerprint density at radius 3 is 2.77 bits per heavy atom. The van der Waals surface area contributed by atoms with Gasteiger partial charge >= 0.3 is 0 Å². The minimum Gasteiger partial charge on any atom is -0.348 e. The molecule has 1 N–H and O–H groups in total. The Kier molecular flexibility index (Phi) is 4.06. The van der Waals surface area contributed by atoms with Crippen LogP contribution >= 0.6 is 11.6 Å². The summed E-state index contributed by atoms with van der Waals surface area (Å²) in [5, 5.41) is 13.7. The Hall–Kier alpha value is -1.66. The number of benzene rings is 1. The van der Waals surface area contributed by atoms with E-state index in [-0.39, 0.29) is 22.7 Å². The summed E-state index contributed by atoms with van der Waals surface area (Å²) in [4.78, 5) is 24.9. The summed E-state index contributed by atoms with van der Waals surface area (Å²) in [7, 11) is 0. The molecule has 1 aromatic carbocycles. The maximum absolute atomic E-state index is 12.3. The van der Waals surface area contributed by atoms with E-state index in [0.29, 0.717) is 17.6 Å². The Morgan fingerprint density at radius 2 is 2.18 bits per heavy atom. The number of hydrogen-bond acceptors (Lipinski definition) is 4. The summed E-state index contributed by atoms with van der Waals surface area (Å²) in [5.41, 5.74) is 0.167. The van der Waals surface area contributed by atoms with Gasteiger partial charge in [0.05, 0.1) is 4.92 Å². The van der Waals surface area contributed by atoms with Crippen LogP contribution in [0.25, 0.3) is 0 Å². The van der Waals surface area contributed by atoms with Crippen molar-refractivity contribution in [1.29, 1.82) is 0 Å². The number of halogens is 1. The smallest absolute Gasteiger partial charge is 0.287 e. The zero-order valence-electron chi connectivity index (χ0n) is 12.3. The Labute approximate surface area is 133 Å². The fraction of sp³-hybridized carbons (Fsp3) is 0.533. The summed E-state index contributed by atoms with van der Waals surface area (Å²) in [5.74, 6) is -0.230. The van der Waals surface area contributed by atoms with Crippen molar-refractivity contribution in [1.82, 2.24) is 10.2 Å². The van der Waals surface area contributed by atoms with Crippen LogP contribution in [0.1, 0.15) is 36.5 Å². The van der Waals surface area contributed by atoms with Crippen LogP contribution < -0.4 is 5.32 Å². The second kappa shape index (κ2) is 5.85. The lowest BCUT2D eigenvalue weighted by Crippen LogP contribution is -2.37. The Morgan fingerprint density at radius 1 is 1.45 bits per heavy atom. The highest BCUT2D eigenvalue weighted by Gasteiger charge is 2.39. The van der Waals surface area contributed by atoms with Crippen LogP contribution in [-0.2, 0) is 0 Å². The fourth-order valence-electron chi connectivity index (χ4n) is 3.14. The van der Waals surface area contributed by atoms with Gasteiger partial charge in [-0.15, -0.1) is 0 Å². The molecule has 1 saturated carbocycles. The van der Waals surface area contributed by atoms with E-state index >= 15 is 0 Å². The van der Waals surface area contributed by atoms with E-state index < -0.39 is 4.92 Å². The van der Waals surface area contributed by atoms with E-state index in [1.165, 1.54) is 31.0 Å². The SMILES string of the molecule is C[C@@H]1C[C@@H](NC(=O)c2ccc([N+](=O)[O-])c(Cl)c2)CN1C1CC1. The maximum atomic E-state index is 12.3. The van der Waals surface area contributed by atoms with Crippen molar-refractivity contribution in [3.8, 4) is 0 Å². The van der Waals surface area contributed by atoms with Gasteiger partial charge in [-0.1, -0.05) is 11.6 Å². The van der Waals surface area contributed by atoms with E-state index in [1.54, 1.807) is 0 Å². The lowest BCUT2D eigenvalue weighted by atomic mass is 10.1. The summed E-state index contributed by atoms with van der Waals surface area (Å²) < 4.78 is 0. The molecule has 1 aliphatic carbocycles. The van der Waals surface area contributed by atoms with E-state index in [2.05, 4.69) is 17.1 Å². The predicted molar refractivity (Wildman–Crippen MR) is 83.2 cm³/mol. The zero-order valence-corrected chi connectivity index (χ0v) is 13.0. The van der Waals surface area contributed by atoms with Crippen LogP contribution in [0.15, 0.2) is 18.2 Å². The summed E-state index contributed by atoms with van der Waals surface area (Å²) in [6.45, 7) is 3.06. The molecular formula is C15H18ClN3O3. The lowest BCUT2D eigenvalue weighted by Gasteiger charge is -2.19. The quantitative estimate of drug-likeness (QED) is 0.682. The first kappa shape index (κ1) is 15.2. The third-order valence-corrected chi connectivity index (χ3v) is 4.68. The third-order valence-electron chi connectivity index (χ3n) is 4.38. The molecule has 1 heterocycles. The number of rotatable bonds is 4. The average molecular weight is 324 g/mol. The average Bonchev–Trinajstić information content (AvgIpc) is 3.22. The molecule has 0 bridgehead atoms. The normalized spacial score (nSPS) is 25.2. The Balaban J connectivity index is 1.65. The topological polar surface area (TPSA) is 75.5 Å². The number of hydrogen-bond donors (Lipinski definition) is 1. The molecule has 1 saturated heterocycles. The molecule has 22 heavy (non-hydrogen) atoms. The Bertz CT molecular complexity index is 618. The highest BCUT2D eigenvalue weighted by atomic mass is 35.5. The van der Waals surface area contributed by atoms with Gasteiger partial charge in [0.2, 0.25) is 0 Å². The first-order valence-electron chi connectivity index (χ1n) is 7.46. The zero-order chi connectivity index (χ0) is 15.9. The van der Waals surface area contributed by atoms with Crippen molar-refractivity contribution >= 4 is 23.2 Å². The molecule has 0 spiro atoms. The molecule has 118 valence electrons. The molecule has 0 radical (unpaired) electrons. The largest absolute Gasteiger partial charge is 0.348 e. The van der Waals surface area contributed by atoms with Crippen molar-refractivity contribution in [2.45, 2.75) is 44.3 Å². The molecule has 1 amide bonds. The van der Waals surface area contributed by atoms with Gasteiger partial charge in [-0.05, 0) is 38.3 Å². The molecule has 2 fully saturated rings. The second-order valence-electron chi connectivity index (χ2n) is 6.11. The number of nitrogens with zero attached hydrogens (tertiary/aromatic N) is 2. The molecule has 6 nitrogen and oxygen atoms in total. The summed E-state index contributed by atoms with van der Waals surface area (Å²) in [6, 6.07) is 5.36. The molecule has 3 rings (SSSR count). The number of nitro groups is 1. The standard InChI is InChI=1S/C15H18ClN3O3/c1-9-6-11(8-18(9)12-3-4-12)17-15(20)10-2-5-14(19(21)22)13(16)7-10/h2,5,7,9,11-12H,3-4,6,8H2,1H3,(H,17,20)/t9-,11-/m1/s1. The van der Waals surface area contributed by atoms with Gasteiger partial charge in [0.25, 0.3) is 11.6 Å². The van der Waals surface area contributed by atoms with Gasteiger partial charge < -0.3 is 5.32 Å². The van der Waals surface area contributed by atoms with Gasteiger partial charge in [-0.2, -0.15) is 0 Å². The minimum atomic E-state index is -0.559. The molecule has 0 aromatic heterocycles. The van der Waals surface area contributed by atoms with E-state index in [4.69, 9.17) is 11.6 Å². The van der Waals surface area contributed by atoms with Gasteiger partial charge in [0.15, 0.2) is 0 Å². The minimum absolute atomic E-state index is 0.0166. The number of likely N-dealkylation sites (tertiary alicyclic amines) is 1. The van der Waals surface area contributed by atoms with E-state index in [9.17, 15) is 14.9 Å². The molecular weight excluding hydrogens is 306 g/mol. The van der Waals surface area contributed by atoms with Crippen LogP contribution in [0.4, 0.5) is 5.69 Å². The third kappa shape index (κ3) is 3.08. The van der Waals surface area contributed by atoms with Crippen LogP contribution in [0.2, 0.25) is 5.02 Å². The predicted octanol–water partition coefficient (Wildman–Crippen LogP) is 2.60. The highest BCUT2D eigenvalue weighted by molar-refractivity contribution is 6.33. The van der Waals surface area contributed by atoms with E-state index in [1.807, 2.05) is 0 Å².